The molecule has 0 aliphatic carbocycles. The predicted octanol–water partition coefficient (Wildman–Crippen LogP) is 6.82. The van der Waals surface area contributed by atoms with Gasteiger partial charge in [-0.3, -0.25) is 0 Å². The number of aliphatic hydroxyl groups is 1. The Balaban J connectivity index is 1.88. The van der Waals surface area contributed by atoms with E-state index in [0.29, 0.717) is 17.9 Å². The van der Waals surface area contributed by atoms with Crippen LogP contribution in [0.2, 0.25) is 0 Å². The molecule has 0 aliphatic rings. The zero-order chi connectivity index (χ0) is 21.8. The quantitative estimate of drug-likeness (QED) is 0.362. The average molecular weight is 477 g/mol. The van der Waals surface area contributed by atoms with Gasteiger partial charge in [0.2, 0.25) is 0 Å². The summed E-state index contributed by atoms with van der Waals surface area (Å²) in [5.41, 5.74) is 2.29. The van der Waals surface area contributed by atoms with Gasteiger partial charge < -0.3 is 14.6 Å². The van der Waals surface area contributed by atoms with Crippen LogP contribution in [0.15, 0.2) is 72.8 Å². The van der Waals surface area contributed by atoms with Gasteiger partial charge in [0, 0.05) is 21.5 Å². The van der Waals surface area contributed by atoms with Crippen LogP contribution in [-0.4, -0.2) is 10.1 Å². The summed E-state index contributed by atoms with van der Waals surface area (Å²) in [6.45, 7) is 4.01. The highest BCUT2D eigenvalue weighted by Gasteiger charge is 2.28. The minimum absolute atomic E-state index is 0.0697. The van der Waals surface area contributed by atoms with Crippen molar-refractivity contribution in [2.24, 2.45) is 0 Å². The molecule has 0 aliphatic heterocycles. The van der Waals surface area contributed by atoms with Crippen LogP contribution in [0.5, 0.6) is 17.2 Å². The van der Waals surface area contributed by atoms with E-state index >= 15 is 0 Å². The van der Waals surface area contributed by atoms with Crippen molar-refractivity contribution in [2.45, 2.75) is 37.3 Å². The molecule has 0 saturated heterocycles. The Labute approximate surface area is 183 Å². The van der Waals surface area contributed by atoms with Crippen LogP contribution in [0.4, 0.5) is 8.78 Å². The molecule has 0 amide bonds. The van der Waals surface area contributed by atoms with Crippen LogP contribution in [0.3, 0.4) is 0 Å². The molecule has 0 unspecified atom stereocenters. The molecule has 3 nitrogen and oxygen atoms in total. The number of hydrogen-bond donors (Lipinski definition) is 1. The number of para-hydroxylation sites is 1. The fourth-order valence-electron chi connectivity index (χ4n) is 3.32. The standard InChI is InChI=1S/C24H23BrF2O3/c1-23(2,18-11-13-20(14-12-18)30-24(25,26)27)15-21-17(16-28)7-6-10-22(21)29-19-8-4-3-5-9-19/h3-14,28H,15-16H2,1-2H3. The smallest absolute Gasteiger partial charge is 0.457 e. The van der Waals surface area contributed by atoms with Crippen molar-refractivity contribution in [1.82, 2.24) is 0 Å². The second kappa shape index (κ2) is 9.14. The van der Waals surface area contributed by atoms with E-state index < -0.39 is 5.02 Å². The number of rotatable bonds is 8. The first-order valence-electron chi connectivity index (χ1n) is 9.49. The topological polar surface area (TPSA) is 38.7 Å². The third kappa shape index (κ3) is 5.80. The Bertz CT molecular complexity index is 968. The monoisotopic (exact) mass is 476 g/mol. The van der Waals surface area contributed by atoms with Crippen LogP contribution in [0.25, 0.3) is 0 Å². The van der Waals surface area contributed by atoms with Crippen molar-refractivity contribution in [3.63, 3.8) is 0 Å². The van der Waals surface area contributed by atoms with Gasteiger partial charge in [-0.1, -0.05) is 56.3 Å². The summed E-state index contributed by atoms with van der Waals surface area (Å²) in [4.78, 5) is 0. The van der Waals surface area contributed by atoms with Gasteiger partial charge in [0.15, 0.2) is 0 Å². The number of hydrogen-bond acceptors (Lipinski definition) is 3. The number of alkyl halides is 3. The van der Waals surface area contributed by atoms with Crippen LogP contribution < -0.4 is 9.47 Å². The van der Waals surface area contributed by atoms with E-state index in [9.17, 15) is 13.9 Å². The SMILES string of the molecule is CC(C)(Cc1c(CO)cccc1Oc1ccccc1)c1ccc(OC(F)(F)Br)cc1. The Hall–Kier alpha value is -2.44. The molecule has 158 valence electrons. The van der Waals surface area contributed by atoms with Crippen molar-refractivity contribution in [2.75, 3.05) is 0 Å². The van der Waals surface area contributed by atoms with Gasteiger partial charge in [0.05, 0.1) is 6.61 Å². The summed E-state index contributed by atoms with van der Waals surface area (Å²) in [5, 5.41) is 6.46. The molecular weight excluding hydrogens is 454 g/mol. The first kappa shape index (κ1) is 22.2. The van der Waals surface area contributed by atoms with Gasteiger partial charge in [0.25, 0.3) is 0 Å². The molecule has 0 heterocycles. The maximum Gasteiger partial charge on any atom is 0.459 e. The minimum Gasteiger partial charge on any atom is -0.457 e. The maximum absolute atomic E-state index is 13.0. The molecule has 30 heavy (non-hydrogen) atoms. The zero-order valence-electron chi connectivity index (χ0n) is 16.7. The number of benzene rings is 3. The van der Waals surface area contributed by atoms with Crippen molar-refractivity contribution in [1.29, 1.82) is 0 Å². The maximum atomic E-state index is 13.0. The molecule has 0 fully saturated rings. The molecule has 1 N–H and O–H groups in total. The van der Waals surface area contributed by atoms with Crippen LogP contribution in [0, 0.1) is 0 Å². The Morgan fingerprint density at radius 3 is 2.13 bits per heavy atom. The van der Waals surface area contributed by atoms with E-state index in [2.05, 4.69) is 34.5 Å². The molecule has 3 aromatic carbocycles. The molecule has 0 radical (unpaired) electrons. The highest BCUT2D eigenvalue weighted by atomic mass is 79.9. The number of ether oxygens (including phenoxy) is 2. The first-order valence-corrected chi connectivity index (χ1v) is 10.3. The Morgan fingerprint density at radius 1 is 0.867 bits per heavy atom. The van der Waals surface area contributed by atoms with Crippen LogP contribution >= 0.6 is 15.9 Å². The van der Waals surface area contributed by atoms with Crippen molar-refractivity contribution in [3.05, 3.63) is 89.5 Å². The number of halogens is 3. The van der Waals surface area contributed by atoms with E-state index in [1.165, 1.54) is 12.1 Å². The average Bonchev–Trinajstić information content (AvgIpc) is 2.69. The van der Waals surface area contributed by atoms with Gasteiger partial charge in [-0.15, -0.1) is 0 Å². The fourth-order valence-corrected chi connectivity index (χ4v) is 3.51. The van der Waals surface area contributed by atoms with E-state index in [1.54, 1.807) is 12.1 Å². The lowest BCUT2D eigenvalue weighted by Gasteiger charge is -2.28. The second-order valence-corrected chi connectivity index (χ2v) is 8.52. The van der Waals surface area contributed by atoms with Gasteiger partial charge in [-0.05, 0) is 53.3 Å². The molecule has 0 aromatic heterocycles. The Morgan fingerprint density at radius 2 is 1.53 bits per heavy atom. The van der Waals surface area contributed by atoms with E-state index in [1.807, 2.05) is 48.5 Å². The second-order valence-electron chi connectivity index (χ2n) is 7.60. The highest BCUT2D eigenvalue weighted by molar-refractivity contribution is 9.09. The molecule has 0 atom stereocenters. The summed E-state index contributed by atoms with van der Waals surface area (Å²) in [6, 6.07) is 21.7. The minimum atomic E-state index is -3.41. The summed E-state index contributed by atoms with van der Waals surface area (Å²) in [5.74, 6) is 1.46. The Kier molecular flexibility index (Phi) is 6.78. The van der Waals surface area contributed by atoms with Gasteiger partial charge in [0.1, 0.15) is 17.2 Å². The fraction of sp³-hybridized carbons (Fsp3) is 0.250. The van der Waals surface area contributed by atoms with E-state index in [4.69, 9.17) is 4.74 Å². The first-order chi connectivity index (χ1) is 14.2. The van der Waals surface area contributed by atoms with Gasteiger partial charge >= 0.3 is 5.02 Å². The zero-order valence-corrected chi connectivity index (χ0v) is 18.3. The van der Waals surface area contributed by atoms with Gasteiger partial charge in [-0.2, -0.15) is 8.78 Å². The van der Waals surface area contributed by atoms with Crippen LogP contribution in [-0.2, 0) is 18.4 Å². The summed E-state index contributed by atoms with van der Waals surface area (Å²) in [6.07, 6.45) is 0.584. The molecule has 0 bridgehead atoms. The molecule has 0 spiro atoms. The lowest BCUT2D eigenvalue weighted by atomic mass is 9.78. The molecule has 3 aromatic rings. The summed E-state index contributed by atoms with van der Waals surface area (Å²) < 4.78 is 36.6. The molecule has 0 saturated carbocycles. The largest absolute Gasteiger partial charge is 0.459 e. The van der Waals surface area contributed by atoms with E-state index in [-0.39, 0.29) is 17.8 Å². The lowest BCUT2D eigenvalue weighted by molar-refractivity contribution is -0.0803. The van der Waals surface area contributed by atoms with E-state index in [0.717, 1.165) is 16.7 Å². The van der Waals surface area contributed by atoms with Crippen molar-refractivity contribution >= 4 is 15.9 Å². The van der Waals surface area contributed by atoms with Crippen LogP contribution in [0.1, 0.15) is 30.5 Å². The normalized spacial score (nSPS) is 11.9. The summed E-state index contributed by atoms with van der Waals surface area (Å²) >= 11 is 2.18. The van der Waals surface area contributed by atoms with Gasteiger partial charge in [-0.25, -0.2) is 0 Å². The molecular formula is C24H23BrF2O3. The van der Waals surface area contributed by atoms with Crippen molar-refractivity contribution < 1.29 is 23.4 Å². The predicted molar refractivity (Wildman–Crippen MR) is 117 cm³/mol. The number of aliphatic hydroxyl groups excluding tert-OH is 1. The lowest BCUT2D eigenvalue weighted by Crippen LogP contribution is -2.22. The van der Waals surface area contributed by atoms with Crippen molar-refractivity contribution in [3.8, 4) is 17.2 Å². The molecule has 6 heteroatoms. The molecule has 3 rings (SSSR count). The third-order valence-corrected chi connectivity index (χ3v) is 5.02. The highest BCUT2D eigenvalue weighted by Crippen LogP contribution is 2.36. The summed E-state index contributed by atoms with van der Waals surface area (Å²) in [7, 11) is 0. The third-order valence-electron chi connectivity index (χ3n) is 4.86.